The van der Waals surface area contributed by atoms with Crippen LogP contribution in [0.1, 0.15) is 213 Å². The molecule has 0 saturated heterocycles. The van der Waals surface area contributed by atoms with Crippen LogP contribution in [0, 0.1) is 0 Å². The van der Waals surface area contributed by atoms with Gasteiger partial charge in [-0.1, -0.05) is 180 Å². The van der Waals surface area contributed by atoms with Crippen molar-refractivity contribution in [1.29, 1.82) is 0 Å². The average molecular weight is 773 g/mol. The summed E-state index contributed by atoms with van der Waals surface area (Å²) in [7, 11) is 1.30. The summed E-state index contributed by atoms with van der Waals surface area (Å²) in [6.45, 7) is 4.70. The molecule has 3 atom stereocenters. The van der Waals surface area contributed by atoms with Gasteiger partial charge in [0.1, 0.15) is 13.2 Å². The summed E-state index contributed by atoms with van der Waals surface area (Å²) in [5.74, 6) is -0.172. The molecule has 0 radical (unpaired) electrons. The lowest BCUT2D eigenvalue weighted by molar-refractivity contribution is -0.870. The fraction of sp³-hybridized carbons (Fsp3) is 0.932. The van der Waals surface area contributed by atoms with Crippen LogP contribution in [0.5, 0.6) is 0 Å². The molecule has 0 heterocycles. The van der Waals surface area contributed by atoms with Crippen LogP contribution >= 0.6 is 7.82 Å². The van der Waals surface area contributed by atoms with Crippen LogP contribution in [0.4, 0.5) is 0 Å². The third kappa shape index (κ3) is 39.3. The van der Waals surface area contributed by atoms with Crippen molar-refractivity contribution in [2.45, 2.75) is 225 Å². The van der Waals surface area contributed by atoms with E-state index in [0.29, 0.717) is 23.9 Å². The van der Waals surface area contributed by atoms with Crippen LogP contribution in [-0.2, 0) is 18.4 Å². The first-order valence-electron chi connectivity index (χ1n) is 22.5. The predicted octanol–water partition coefficient (Wildman–Crippen LogP) is 11.7. The van der Waals surface area contributed by atoms with Gasteiger partial charge in [0.2, 0.25) is 5.91 Å². The number of allylic oxidation sites excluding steroid dienone is 2. The van der Waals surface area contributed by atoms with E-state index in [1.54, 1.807) is 0 Å². The highest BCUT2D eigenvalue weighted by atomic mass is 31.2. The van der Waals surface area contributed by atoms with Crippen LogP contribution < -0.4 is 10.2 Å². The van der Waals surface area contributed by atoms with E-state index in [-0.39, 0.29) is 19.1 Å². The molecule has 0 bridgehead atoms. The summed E-state index contributed by atoms with van der Waals surface area (Å²) in [5.41, 5.74) is 0. The van der Waals surface area contributed by atoms with Gasteiger partial charge in [0.15, 0.2) is 0 Å². The number of amides is 1. The zero-order valence-electron chi connectivity index (χ0n) is 35.7. The number of carbonyl (C=O) groups is 1. The molecule has 1 amide bonds. The second-order valence-corrected chi connectivity index (χ2v) is 18.2. The van der Waals surface area contributed by atoms with Gasteiger partial charge in [0, 0.05) is 6.42 Å². The van der Waals surface area contributed by atoms with E-state index in [1.165, 1.54) is 141 Å². The Labute approximate surface area is 329 Å². The lowest BCUT2D eigenvalue weighted by Gasteiger charge is -2.30. The molecule has 1 unspecified atom stereocenters. The molecule has 0 rings (SSSR count). The van der Waals surface area contributed by atoms with E-state index in [9.17, 15) is 19.4 Å². The zero-order chi connectivity index (χ0) is 39.3. The molecule has 2 N–H and O–H groups in total. The Morgan fingerprint density at radius 3 is 1.47 bits per heavy atom. The molecule has 8 nitrogen and oxygen atoms in total. The van der Waals surface area contributed by atoms with Crippen molar-refractivity contribution in [3.63, 3.8) is 0 Å². The summed E-state index contributed by atoms with van der Waals surface area (Å²) in [6, 6.07) is -0.810. The summed E-state index contributed by atoms with van der Waals surface area (Å²) >= 11 is 0. The number of likely N-dealkylation sites (N-methyl/N-ethyl adjacent to an activating group) is 1. The maximum atomic E-state index is 12.9. The molecule has 0 aromatic heterocycles. The van der Waals surface area contributed by atoms with Crippen LogP contribution in [0.25, 0.3) is 0 Å². The Balaban J connectivity index is 4.33. The molecule has 0 spiro atoms. The van der Waals surface area contributed by atoms with Crippen LogP contribution in [-0.4, -0.2) is 68.5 Å². The first kappa shape index (κ1) is 52.2. The summed E-state index contributed by atoms with van der Waals surface area (Å²) in [5, 5.41) is 13.9. The van der Waals surface area contributed by atoms with Crippen molar-refractivity contribution < 1.29 is 32.9 Å². The maximum Gasteiger partial charge on any atom is 0.268 e. The van der Waals surface area contributed by atoms with Crippen LogP contribution in [0.3, 0.4) is 0 Å². The average Bonchev–Trinajstić information content (AvgIpc) is 3.10. The van der Waals surface area contributed by atoms with Crippen molar-refractivity contribution in [3.05, 3.63) is 12.2 Å². The number of phosphoric acid groups is 1. The third-order valence-electron chi connectivity index (χ3n) is 10.3. The Morgan fingerprint density at radius 2 is 1.04 bits per heavy atom. The number of quaternary nitrogens is 1. The molecule has 0 aromatic rings. The highest BCUT2D eigenvalue weighted by Crippen LogP contribution is 2.38. The number of aliphatic hydroxyl groups is 1. The molecular formula is C44H89N2O6P. The van der Waals surface area contributed by atoms with Crippen molar-refractivity contribution in [1.82, 2.24) is 5.32 Å². The largest absolute Gasteiger partial charge is 0.756 e. The maximum absolute atomic E-state index is 12.9. The molecule has 9 heteroatoms. The van der Waals surface area contributed by atoms with Gasteiger partial charge in [-0.3, -0.25) is 9.36 Å². The van der Waals surface area contributed by atoms with E-state index in [2.05, 4.69) is 31.3 Å². The number of unbranched alkanes of at least 4 members (excludes halogenated alkanes) is 26. The third-order valence-corrected chi connectivity index (χ3v) is 11.2. The number of carbonyl (C=O) groups excluding carboxylic acids is 1. The second-order valence-electron chi connectivity index (χ2n) is 16.8. The summed E-state index contributed by atoms with van der Waals surface area (Å²) < 4.78 is 23.2. The van der Waals surface area contributed by atoms with Crippen molar-refractivity contribution in [3.8, 4) is 0 Å². The number of aliphatic hydroxyl groups excluding tert-OH is 1. The lowest BCUT2D eigenvalue weighted by Crippen LogP contribution is -2.46. The molecule has 0 aliphatic carbocycles. The molecule has 316 valence electrons. The lowest BCUT2D eigenvalue weighted by atomic mass is 10.0. The normalized spacial score (nSPS) is 14.5. The molecule has 0 aliphatic heterocycles. The minimum Gasteiger partial charge on any atom is -0.756 e. The molecule has 53 heavy (non-hydrogen) atoms. The molecule has 0 fully saturated rings. The van der Waals surface area contributed by atoms with Gasteiger partial charge in [0.05, 0.1) is 39.9 Å². The molecule has 0 aliphatic rings. The van der Waals surface area contributed by atoms with Crippen LogP contribution in [0.2, 0.25) is 0 Å². The minimum atomic E-state index is -4.56. The number of nitrogens with zero attached hydrogens (tertiary/aromatic N) is 1. The van der Waals surface area contributed by atoms with Crippen molar-refractivity contribution in [2.75, 3.05) is 40.9 Å². The molecule has 0 saturated carbocycles. The highest BCUT2D eigenvalue weighted by molar-refractivity contribution is 7.45. The van der Waals surface area contributed by atoms with E-state index in [1.807, 2.05) is 21.1 Å². The van der Waals surface area contributed by atoms with Gasteiger partial charge in [-0.15, -0.1) is 0 Å². The highest BCUT2D eigenvalue weighted by Gasteiger charge is 2.24. The van der Waals surface area contributed by atoms with Gasteiger partial charge in [-0.05, 0) is 38.5 Å². The first-order chi connectivity index (χ1) is 25.5. The zero-order valence-corrected chi connectivity index (χ0v) is 36.6. The number of nitrogens with one attached hydrogen (secondary N) is 1. The predicted molar refractivity (Wildman–Crippen MR) is 224 cm³/mol. The van der Waals surface area contributed by atoms with Gasteiger partial charge in [-0.25, -0.2) is 0 Å². The van der Waals surface area contributed by atoms with Gasteiger partial charge < -0.3 is 28.8 Å². The quantitative estimate of drug-likeness (QED) is 0.0277. The summed E-state index contributed by atoms with van der Waals surface area (Å²) in [6.07, 6.45) is 40.7. The van der Waals surface area contributed by atoms with E-state index >= 15 is 0 Å². The number of rotatable bonds is 41. The Kier molecular flexibility index (Phi) is 36.3. The SMILES string of the molecule is CCCCCCCCC/C=C/CCCC[C@@H](O)[C@H](COP(=O)([O-])OCC[N+](C)(C)C)NC(=O)CCCCCCCCCCCCCCCCCCCC. The Morgan fingerprint density at radius 1 is 0.642 bits per heavy atom. The molecule has 0 aromatic carbocycles. The number of hydrogen-bond donors (Lipinski definition) is 2. The van der Waals surface area contributed by atoms with E-state index in [0.717, 1.165) is 44.9 Å². The number of hydrogen-bond acceptors (Lipinski definition) is 6. The second kappa shape index (κ2) is 36.9. The molecular weight excluding hydrogens is 683 g/mol. The van der Waals surface area contributed by atoms with Crippen LogP contribution in [0.15, 0.2) is 12.2 Å². The van der Waals surface area contributed by atoms with Gasteiger partial charge >= 0.3 is 0 Å². The minimum absolute atomic E-state index is 0.00961. The standard InChI is InChI=1S/C44H89N2O6P/c1-6-8-10-12-14-16-18-20-21-22-23-24-26-28-30-32-34-36-38-44(48)45-42(41-52-53(49,50)51-40-39-46(3,4)5)43(47)37-35-33-31-29-27-25-19-17-15-13-11-9-7-2/h27,29,42-43,47H,6-26,28,30-41H2,1-5H3,(H-,45,48,49,50)/b29-27+/t42-,43+/m0/s1. The van der Waals surface area contributed by atoms with E-state index in [4.69, 9.17) is 9.05 Å². The van der Waals surface area contributed by atoms with E-state index < -0.39 is 20.0 Å². The Hall–Kier alpha value is -0.760. The van der Waals surface area contributed by atoms with Crippen molar-refractivity contribution in [2.24, 2.45) is 0 Å². The topological polar surface area (TPSA) is 108 Å². The smallest absolute Gasteiger partial charge is 0.268 e. The fourth-order valence-corrected chi connectivity index (χ4v) is 7.35. The fourth-order valence-electron chi connectivity index (χ4n) is 6.62. The van der Waals surface area contributed by atoms with Gasteiger partial charge in [0.25, 0.3) is 7.82 Å². The van der Waals surface area contributed by atoms with Crippen molar-refractivity contribution >= 4 is 13.7 Å². The number of phosphoric ester groups is 1. The first-order valence-corrected chi connectivity index (χ1v) is 24.0. The van der Waals surface area contributed by atoms with Gasteiger partial charge in [-0.2, -0.15) is 0 Å². The monoisotopic (exact) mass is 773 g/mol. The summed E-state index contributed by atoms with van der Waals surface area (Å²) in [4.78, 5) is 25.3. The Bertz CT molecular complexity index is 880.